The van der Waals surface area contributed by atoms with Crippen molar-refractivity contribution in [2.45, 2.75) is 19.9 Å². The first-order valence-corrected chi connectivity index (χ1v) is 5.54. The standard InChI is InChI=1S/C10H19N3O/c1-3-13(4-2)10(14)12-9-7-5-11-6-8(7)9/h7-9,11H,3-6H2,1-2H3,(H,12,14). The van der Waals surface area contributed by atoms with Gasteiger partial charge in [0.1, 0.15) is 0 Å². The van der Waals surface area contributed by atoms with Gasteiger partial charge in [-0.2, -0.15) is 0 Å². The van der Waals surface area contributed by atoms with Crippen LogP contribution in [0.15, 0.2) is 0 Å². The molecule has 0 radical (unpaired) electrons. The molecule has 4 heteroatoms. The fourth-order valence-electron chi connectivity index (χ4n) is 2.38. The van der Waals surface area contributed by atoms with Crippen LogP contribution in [-0.2, 0) is 0 Å². The summed E-state index contributed by atoms with van der Waals surface area (Å²) in [7, 11) is 0. The van der Waals surface area contributed by atoms with Crippen LogP contribution >= 0.6 is 0 Å². The summed E-state index contributed by atoms with van der Waals surface area (Å²) in [5.74, 6) is 1.41. The molecule has 2 atom stereocenters. The Labute approximate surface area is 85.0 Å². The normalized spacial score (nSPS) is 33.7. The second-order valence-electron chi connectivity index (χ2n) is 4.13. The van der Waals surface area contributed by atoms with Gasteiger partial charge in [0.15, 0.2) is 0 Å². The minimum absolute atomic E-state index is 0.106. The van der Waals surface area contributed by atoms with Gasteiger partial charge < -0.3 is 15.5 Å². The van der Waals surface area contributed by atoms with E-state index in [1.54, 1.807) is 0 Å². The Hall–Kier alpha value is -0.770. The minimum atomic E-state index is 0.106. The van der Waals surface area contributed by atoms with Crippen LogP contribution in [0.1, 0.15) is 13.8 Å². The molecule has 1 saturated heterocycles. The first-order chi connectivity index (χ1) is 6.77. The van der Waals surface area contributed by atoms with E-state index >= 15 is 0 Å². The Morgan fingerprint density at radius 2 is 1.93 bits per heavy atom. The molecule has 2 rings (SSSR count). The molecule has 4 nitrogen and oxygen atoms in total. The number of hydrogen-bond donors (Lipinski definition) is 2. The first-order valence-electron chi connectivity index (χ1n) is 5.54. The molecular weight excluding hydrogens is 178 g/mol. The number of nitrogens with zero attached hydrogens (tertiary/aromatic N) is 1. The van der Waals surface area contributed by atoms with Crippen molar-refractivity contribution in [3.63, 3.8) is 0 Å². The maximum absolute atomic E-state index is 11.7. The monoisotopic (exact) mass is 197 g/mol. The molecule has 0 aromatic rings. The van der Waals surface area contributed by atoms with Crippen LogP contribution in [0.5, 0.6) is 0 Å². The molecule has 0 aromatic carbocycles. The van der Waals surface area contributed by atoms with E-state index in [1.807, 2.05) is 18.7 Å². The molecule has 2 unspecified atom stereocenters. The minimum Gasteiger partial charge on any atom is -0.335 e. The number of rotatable bonds is 3. The lowest BCUT2D eigenvalue weighted by Gasteiger charge is -2.20. The molecule has 0 bridgehead atoms. The van der Waals surface area contributed by atoms with Crippen molar-refractivity contribution in [3.05, 3.63) is 0 Å². The largest absolute Gasteiger partial charge is 0.335 e. The van der Waals surface area contributed by atoms with Gasteiger partial charge in [0, 0.05) is 32.2 Å². The third-order valence-corrected chi connectivity index (χ3v) is 3.43. The zero-order valence-corrected chi connectivity index (χ0v) is 8.92. The predicted octanol–water partition coefficient (Wildman–Crippen LogP) is 0.256. The third-order valence-electron chi connectivity index (χ3n) is 3.43. The molecule has 2 aliphatic rings. The average molecular weight is 197 g/mol. The lowest BCUT2D eigenvalue weighted by molar-refractivity contribution is 0.201. The lowest BCUT2D eigenvalue weighted by Crippen LogP contribution is -2.42. The molecule has 2 amide bonds. The van der Waals surface area contributed by atoms with E-state index in [0.29, 0.717) is 17.9 Å². The number of carbonyl (C=O) groups is 1. The summed E-state index contributed by atoms with van der Waals surface area (Å²) in [6.45, 7) is 7.77. The van der Waals surface area contributed by atoms with Gasteiger partial charge >= 0.3 is 6.03 Å². The number of urea groups is 1. The Balaban J connectivity index is 1.78. The van der Waals surface area contributed by atoms with E-state index in [9.17, 15) is 4.79 Å². The highest BCUT2D eigenvalue weighted by molar-refractivity contribution is 5.75. The maximum Gasteiger partial charge on any atom is 0.317 e. The van der Waals surface area contributed by atoms with Gasteiger partial charge in [-0.1, -0.05) is 0 Å². The highest BCUT2D eigenvalue weighted by atomic mass is 16.2. The second-order valence-corrected chi connectivity index (χ2v) is 4.13. The number of hydrogen-bond acceptors (Lipinski definition) is 2. The molecule has 1 aliphatic carbocycles. The van der Waals surface area contributed by atoms with Gasteiger partial charge in [-0.25, -0.2) is 4.79 Å². The summed E-state index contributed by atoms with van der Waals surface area (Å²) < 4.78 is 0. The second kappa shape index (κ2) is 3.77. The summed E-state index contributed by atoms with van der Waals surface area (Å²) in [4.78, 5) is 13.5. The molecule has 1 heterocycles. The summed E-state index contributed by atoms with van der Waals surface area (Å²) in [6.07, 6.45) is 0. The summed E-state index contributed by atoms with van der Waals surface area (Å²) in [5.41, 5.74) is 0. The Kier molecular flexibility index (Phi) is 2.63. The van der Waals surface area contributed by atoms with Gasteiger partial charge in [-0.05, 0) is 25.7 Å². The number of nitrogens with one attached hydrogen (secondary N) is 2. The van der Waals surface area contributed by atoms with Gasteiger partial charge in [-0.15, -0.1) is 0 Å². The lowest BCUT2D eigenvalue weighted by atomic mass is 10.4. The van der Waals surface area contributed by atoms with Crippen molar-refractivity contribution in [3.8, 4) is 0 Å². The van der Waals surface area contributed by atoms with Gasteiger partial charge in [0.05, 0.1) is 0 Å². The summed E-state index contributed by atoms with van der Waals surface area (Å²) in [6, 6.07) is 0.554. The fraction of sp³-hybridized carbons (Fsp3) is 0.900. The van der Waals surface area contributed by atoms with Crippen LogP contribution in [0.4, 0.5) is 4.79 Å². The van der Waals surface area contributed by atoms with Crippen LogP contribution in [0.25, 0.3) is 0 Å². The fourth-order valence-corrected chi connectivity index (χ4v) is 2.38. The SMILES string of the molecule is CCN(CC)C(=O)NC1C2CNCC21. The van der Waals surface area contributed by atoms with Crippen molar-refractivity contribution in [1.29, 1.82) is 0 Å². The van der Waals surface area contributed by atoms with E-state index < -0.39 is 0 Å². The highest BCUT2D eigenvalue weighted by Gasteiger charge is 2.53. The predicted molar refractivity (Wildman–Crippen MR) is 55.1 cm³/mol. The van der Waals surface area contributed by atoms with E-state index in [0.717, 1.165) is 26.2 Å². The summed E-state index contributed by atoms with van der Waals surface area (Å²) >= 11 is 0. The number of piperidine rings is 1. The Morgan fingerprint density at radius 3 is 2.43 bits per heavy atom. The number of fused-ring (bicyclic) bond motifs is 1. The molecule has 2 fully saturated rings. The van der Waals surface area contributed by atoms with E-state index in [2.05, 4.69) is 10.6 Å². The smallest absolute Gasteiger partial charge is 0.317 e. The van der Waals surface area contributed by atoms with Crippen LogP contribution in [0.2, 0.25) is 0 Å². The van der Waals surface area contributed by atoms with Crippen LogP contribution in [-0.4, -0.2) is 43.2 Å². The molecule has 1 saturated carbocycles. The van der Waals surface area contributed by atoms with E-state index in [4.69, 9.17) is 0 Å². The molecular formula is C10H19N3O. The summed E-state index contributed by atoms with van der Waals surface area (Å²) in [5, 5.41) is 6.42. The molecule has 1 aliphatic heterocycles. The number of carbonyl (C=O) groups excluding carboxylic acids is 1. The topological polar surface area (TPSA) is 44.4 Å². The Bertz CT molecular complexity index is 217. The molecule has 0 spiro atoms. The van der Waals surface area contributed by atoms with E-state index in [-0.39, 0.29) is 6.03 Å². The molecule has 0 aromatic heterocycles. The average Bonchev–Trinajstić information content (AvgIpc) is 2.65. The molecule has 14 heavy (non-hydrogen) atoms. The maximum atomic E-state index is 11.7. The Morgan fingerprint density at radius 1 is 1.36 bits per heavy atom. The number of amides is 2. The molecule has 80 valence electrons. The van der Waals surface area contributed by atoms with Gasteiger partial charge in [-0.3, -0.25) is 0 Å². The van der Waals surface area contributed by atoms with Crippen molar-refractivity contribution >= 4 is 6.03 Å². The highest BCUT2D eigenvalue weighted by Crippen LogP contribution is 2.41. The zero-order chi connectivity index (χ0) is 10.1. The van der Waals surface area contributed by atoms with Gasteiger partial charge in [0.2, 0.25) is 0 Å². The van der Waals surface area contributed by atoms with Crippen molar-refractivity contribution in [2.75, 3.05) is 26.2 Å². The third kappa shape index (κ3) is 1.59. The van der Waals surface area contributed by atoms with Gasteiger partial charge in [0.25, 0.3) is 0 Å². The van der Waals surface area contributed by atoms with Crippen LogP contribution in [0, 0.1) is 11.8 Å². The quantitative estimate of drug-likeness (QED) is 0.681. The van der Waals surface area contributed by atoms with Crippen molar-refractivity contribution in [1.82, 2.24) is 15.5 Å². The van der Waals surface area contributed by atoms with Crippen LogP contribution < -0.4 is 10.6 Å². The first kappa shape index (κ1) is 9.77. The zero-order valence-electron chi connectivity index (χ0n) is 8.92. The van der Waals surface area contributed by atoms with Crippen LogP contribution in [0.3, 0.4) is 0 Å². The van der Waals surface area contributed by atoms with E-state index in [1.165, 1.54) is 0 Å². The van der Waals surface area contributed by atoms with Crippen molar-refractivity contribution in [2.24, 2.45) is 11.8 Å². The van der Waals surface area contributed by atoms with Crippen molar-refractivity contribution < 1.29 is 4.79 Å². The molecule has 2 N–H and O–H groups in total.